The van der Waals surface area contributed by atoms with Crippen molar-refractivity contribution in [2.24, 2.45) is 11.8 Å². The van der Waals surface area contributed by atoms with Gasteiger partial charge in [-0.05, 0) is 32.1 Å². The number of carbonyl (C=O) groups excluding carboxylic acids is 1. The molecule has 2 aliphatic heterocycles. The highest BCUT2D eigenvalue weighted by Gasteiger charge is 2.45. The van der Waals surface area contributed by atoms with Crippen molar-refractivity contribution in [3.05, 3.63) is 0 Å². The number of carboxylic acids is 1. The van der Waals surface area contributed by atoms with Crippen LogP contribution in [0, 0.1) is 11.8 Å². The molecule has 6 nitrogen and oxygen atoms in total. The molecule has 2 aliphatic rings. The molecule has 3 atom stereocenters. The van der Waals surface area contributed by atoms with E-state index in [0.29, 0.717) is 24.9 Å². The van der Waals surface area contributed by atoms with Crippen LogP contribution in [0.4, 0.5) is 4.79 Å². The van der Waals surface area contributed by atoms with Gasteiger partial charge in [0.05, 0.1) is 13.1 Å². The Labute approximate surface area is 126 Å². The minimum absolute atomic E-state index is 0.0531. The molecule has 0 bridgehead atoms. The van der Waals surface area contributed by atoms with E-state index in [0.717, 1.165) is 13.0 Å². The number of carbonyl (C=O) groups is 2. The van der Waals surface area contributed by atoms with Crippen LogP contribution in [-0.2, 0) is 9.53 Å². The van der Waals surface area contributed by atoms with E-state index in [1.165, 1.54) is 0 Å². The summed E-state index contributed by atoms with van der Waals surface area (Å²) < 4.78 is 5.35. The molecule has 6 heteroatoms. The molecule has 0 aliphatic carbocycles. The van der Waals surface area contributed by atoms with E-state index in [4.69, 9.17) is 9.84 Å². The third-order valence-electron chi connectivity index (χ3n) is 4.71. The largest absolute Gasteiger partial charge is 0.480 e. The van der Waals surface area contributed by atoms with Crippen LogP contribution in [0.2, 0.25) is 0 Å². The Morgan fingerprint density at radius 2 is 1.90 bits per heavy atom. The molecule has 0 aromatic heterocycles. The van der Waals surface area contributed by atoms with Crippen molar-refractivity contribution in [1.29, 1.82) is 0 Å². The van der Waals surface area contributed by atoms with Crippen LogP contribution in [0.1, 0.15) is 34.1 Å². The zero-order chi connectivity index (χ0) is 15.8. The van der Waals surface area contributed by atoms with E-state index in [-0.39, 0.29) is 18.7 Å². The lowest BCUT2D eigenvalue weighted by Crippen LogP contribution is -2.67. The molecule has 3 unspecified atom stereocenters. The first-order valence-electron chi connectivity index (χ1n) is 7.63. The van der Waals surface area contributed by atoms with E-state index in [1.807, 2.05) is 11.8 Å². The molecule has 0 saturated carbocycles. The van der Waals surface area contributed by atoms with Gasteiger partial charge < -0.3 is 19.6 Å². The Bertz CT molecular complexity index is 420. The van der Waals surface area contributed by atoms with Crippen LogP contribution in [-0.4, -0.2) is 64.8 Å². The van der Waals surface area contributed by atoms with Gasteiger partial charge in [-0.15, -0.1) is 0 Å². The van der Waals surface area contributed by atoms with Crippen molar-refractivity contribution < 1.29 is 19.4 Å². The van der Waals surface area contributed by atoms with Crippen LogP contribution in [0.5, 0.6) is 0 Å². The number of urea groups is 1. The molecular formula is C15H26N2O4. The second-order valence-electron chi connectivity index (χ2n) is 6.98. The molecule has 21 heavy (non-hydrogen) atoms. The van der Waals surface area contributed by atoms with Crippen molar-refractivity contribution in [1.82, 2.24) is 9.80 Å². The molecule has 120 valence electrons. The number of amides is 2. The average Bonchev–Trinajstić information content (AvgIpc) is 2.36. The van der Waals surface area contributed by atoms with Crippen LogP contribution in [0.3, 0.4) is 0 Å². The molecule has 1 N–H and O–H groups in total. The van der Waals surface area contributed by atoms with E-state index in [9.17, 15) is 9.59 Å². The Morgan fingerprint density at radius 3 is 2.48 bits per heavy atom. The molecule has 2 heterocycles. The smallest absolute Gasteiger partial charge is 0.329 e. The van der Waals surface area contributed by atoms with Gasteiger partial charge in [-0.25, -0.2) is 9.59 Å². The molecule has 2 rings (SSSR count). The van der Waals surface area contributed by atoms with Gasteiger partial charge >= 0.3 is 12.0 Å². The summed E-state index contributed by atoms with van der Waals surface area (Å²) in [6.07, 6.45) is 1.16. The summed E-state index contributed by atoms with van der Waals surface area (Å²) in [7, 11) is 0. The molecule has 2 amide bonds. The molecular weight excluding hydrogens is 272 g/mol. The predicted molar refractivity (Wildman–Crippen MR) is 78.1 cm³/mol. The maximum absolute atomic E-state index is 12.6. The fourth-order valence-corrected chi connectivity index (χ4v) is 3.37. The van der Waals surface area contributed by atoms with Gasteiger partial charge in [-0.2, -0.15) is 0 Å². The number of rotatable bonds is 3. The van der Waals surface area contributed by atoms with Crippen LogP contribution < -0.4 is 0 Å². The lowest BCUT2D eigenvalue weighted by atomic mass is 9.86. The van der Waals surface area contributed by atoms with Crippen molar-refractivity contribution in [2.45, 2.75) is 45.8 Å². The Hall–Kier alpha value is -1.30. The number of hydrogen-bond donors (Lipinski definition) is 1. The average molecular weight is 298 g/mol. The van der Waals surface area contributed by atoms with Crippen molar-refractivity contribution in [3.63, 3.8) is 0 Å². The summed E-state index contributed by atoms with van der Waals surface area (Å²) in [5, 5.41) is 8.65. The number of nitrogens with zero attached hydrogens (tertiary/aromatic N) is 2. The van der Waals surface area contributed by atoms with E-state index in [2.05, 4.69) is 20.8 Å². The standard InChI is InChI=1S/C15H26N2O4/c1-10-5-11(2)12(3)17(6-10)14(20)16-8-15(4,9-16)21-7-13(18)19/h10-12H,5-9H2,1-4H3,(H,18,19). The van der Waals surface area contributed by atoms with Gasteiger partial charge in [-0.3, -0.25) is 0 Å². The van der Waals surface area contributed by atoms with Crippen molar-refractivity contribution in [3.8, 4) is 0 Å². The molecule has 0 aromatic carbocycles. The predicted octanol–water partition coefficient (Wildman–Crippen LogP) is 1.65. The summed E-state index contributed by atoms with van der Waals surface area (Å²) in [6.45, 7) is 9.74. The molecule has 0 aromatic rings. The first-order valence-corrected chi connectivity index (χ1v) is 7.63. The fraction of sp³-hybridized carbons (Fsp3) is 0.867. The molecule has 2 saturated heterocycles. The summed E-state index contributed by atoms with van der Waals surface area (Å²) >= 11 is 0. The summed E-state index contributed by atoms with van der Waals surface area (Å²) in [6, 6.07) is 0.304. The number of aliphatic carboxylic acids is 1. The number of piperidine rings is 1. The monoisotopic (exact) mass is 298 g/mol. The lowest BCUT2D eigenvalue weighted by Gasteiger charge is -2.51. The maximum Gasteiger partial charge on any atom is 0.329 e. The third-order valence-corrected chi connectivity index (χ3v) is 4.71. The number of hydrogen-bond acceptors (Lipinski definition) is 3. The Kier molecular flexibility index (Phi) is 4.46. The van der Waals surface area contributed by atoms with E-state index < -0.39 is 11.6 Å². The van der Waals surface area contributed by atoms with E-state index in [1.54, 1.807) is 4.90 Å². The number of carboxylic acid groups (broad SMARTS) is 1. The van der Waals surface area contributed by atoms with E-state index >= 15 is 0 Å². The topological polar surface area (TPSA) is 70.1 Å². The van der Waals surface area contributed by atoms with Crippen LogP contribution in [0.25, 0.3) is 0 Å². The lowest BCUT2D eigenvalue weighted by molar-refractivity contribution is -0.160. The zero-order valence-corrected chi connectivity index (χ0v) is 13.3. The first kappa shape index (κ1) is 16.1. The van der Waals surface area contributed by atoms with Crippen molar-refractivity contribution >= 4 is 12.0 Å². The first-order chi connectivity index (χ1) is 9.72. The summed E-state index contributed by atoms with van der Waals surface area (Å²) in [5.74, 6) is 0.0537. The van der Waals surface area contributed by atoms with Gasteiger partial charge in [0.1, 0.15) is 12.2 Å². The molecule has 2 fully saturated rings. The normalized spacial score (nSPS) is 31.7. The fourth-order valence-electron chi connectivity index (χ4n) is 3.37. The third kappa shape index (κ3) is 3.48. The number of likely N-dealkylation sites (tertiary alicyclic amines) is 2. The zero-order valence-electron chi connectivity index (χ0n) is 13.3. The van der Waals surface area contributed by atoms with Gasteiger partial charge in [0.2, 0.25) is 0 Å². The van der Waals surface area contributed by atoms with Crippen molar-refractivity contribution in [2.75, 3.05) is 26.2 Å². The maximum atomic E-state index is 12.6. The summed E-state index contributed by atoms with van der Waals surface area (Å²) in [5.41, 5.74) is -0.524. The molecule has 0 spiro atoms. The minimum Gasteiger partial charge on any atom is -0.480 e. The quantitative estimate of drug-likeness (QED) is 0.860. The Morgan fingerprint density at radius 1 is 1.29 bits per heavy atom. The van der Waals surface area contributed by atoms with Gasteiger partial charge in [-0.1, -0.05) is 13.8 Å². The van der Waals surface area contributed by atoms with Crippen LogP contribution >= 0.6 is 0 Å². The van der Waals surface area contributed by atoms with Gasteiger partial charge in [0, 0.05) is 12.6 Å². The summed E-state index contributed by atoms with van der Waals surface area (Å²) in [4.78, 5) is 26.8. The Balaban J connectivity index is 1.89. The van der Waals surface area contributed by atoms with Gasteiger partial charge in [0.25, 0.3) is 0 Å². The molecule has 0 radical (unpaired) electrons. The highest BCUT2D eigenvalue weighted by molar-refractivity contribution is 5.76. The van der Waals surface area contributed by atoms with Gasteiger partial charge in [0.15, 0.2) is 0 Å². The SMILES string of the molecule is CC1CC(C)C(C)N(C(=O)N2CC(C)(OCC(=O)O)C2)C1. The van der Waals surface area contributed by atoms with Crippen LogP contribution in [0.15, 0.2) is 0 Å². The highest BCUT2D eigenvalue weighted by Crippen LogP contribution is 2.31. The minimum atomic E-state index is -0.978. The number of ether oxygens (including phenoxy) is 1. The second-order valence-corrected chi connectivity index (χ2v) is 6.98. The second kappa shape index (κ2) is 5.83. The highest BCUT2D eigenvalue weighted by atomic mass is 16.5.